The van der Waals surface area contributed by atoms with E-state index in [9.17, 15) is 0 Å². The minimum Gasteiger partial charge on any atom is -0.497 e. The Balaban J connectivity index is 1.85. The van der Waals surface area contributed by atoms with Crippen LogP contribution in [0.25, 0.3) is 0 Å². The summed E-state index contributed by atoms with van der Waals surface area (Å²) in [5, 5.41) is 0. The van der Waals surface area contributed by atoms with Crippen LogP contribution in [-0.4, -0.2) is 24.7 Å². The molecule has 18 heavy (non-hydrogen) atoms. The molecule has 2 unspecified atom stereocenters. The van der Waals surface area contributed by atoms with E-state index in [1.165, 1.54) is 17.9 Å². The quantitative estimate of drug-likeness (QED) is 0.892. The highest BCUT2D eigenvalue weighted by Crippen LogP contribution is 2.40. The minimum atomic E-state index is 0.0928. The number of hydrogen-bond donors (Lipinski definition) is 1. The molecule has 3 atom stereocenters. The SMILES string of the molecule is COc1ccc2c(c1)OC(C1CCSC1)C[C@@H]2N. The van der Waals surface area contributed by atoms with E-state index >= 15 is 0 Å². The molecule has 2 aliphatic heterocycles. The van der Waals surface area contributed by atoms with Gasteiger partial charge in [-0.2, -0.15) is 11.8 Å². The lowest BCUT2D eigenvalue weighted by atomic mass is 9.90. The second kappa shape index (κ2) is 5.02. The number of nitrogens with two attached hydrogens (primary N) is 1. The fourth-order valence-corrected chi connectivity index (χ4v) is 4.09. The van der Waals surface area contributed by atoms with Gasteiger partial charge in [-0.15, -0.1) is 0 Å². The second-order valence-electron chi connectivity index (χ2n) is 5.03. The summed E-state index contributed by atoms with van der Waals surface area (Å²) in [5.41, 5.74) is 7.38. The maximum atomic E-state index is 6.27. The smallest absolute Gasteiger partial charge is 0.128 e. The van der Waals surface area contributed by atoms with E-state index < -0.39 is 0 Å². The number of ether oxygens (including phenoxy) is 2. The first-order valence-corrected chi connectivity index (χ1v) is 7.61. The van der Waals surface area contributed by atoms with Crippen LogP contribution in [0.15, 0.2) is 18.2 Å². The highest BCUT2D eigenvalue weighted by molar-refractivity contribution is 7.99. The van der Waals surface area contributed by atoms with Crippen molar-refractivity contribution in [1.29, 1.82) is 0 Å². The molecule has 0 aromatic heterocycles. The first-order valence-electron chi connectivity index (χ1n) is 6.46. The van der Waals surface area contributed by atoms with Crippen LogP contribution < -0.4 is 15.2 Å². The average molecular weight is 265 g/mol. The lowest BCUT2D eigenvalue weighted by Crippen LogP contribution is -2.35. The Labute approximate surface area is 112 Å². The van der Waals surface area contributed by atoms with Crippen molar-refractivity contribution < 1.29 is 9.47 Å². The lowest BCUT2D eigenvalue weighted by molar-refractivity contribution is 0.110. The topological polar surface area (TPSA) is 44.5 Å². The fourth-order valence-electron chi connectivity index (χ4n) is 2.77. The molecule has 3 rings (SSSR count). The molecule has 0 spiro atoms. The Morgan fingerprint density at radius 2 is 2.33 bits per heavy atom. The molecule has 0 bridgehead atoms. The van der Waals surface area contributed by atoms with E-state index in [0.717, 1.165) is 23.5 Å². The van der Waals surface area contributed by atoms with E-state index in [-0.39, 0.29) is 12.1 Å². The van der Waals surface area contributed by atoms with Crippen molar-refractivity contribution in [2.45, 2.75) is 25.0 Å². The van der Waals surface area contributed by atoms with E-state index in [0.29, 0.717) is 5.92 Å². The number of hydrogen-bond acceptors (Lipinski definition) is 4. The van der Waals surface area contributed by atoms with Crippen LogP contribution in [0.3, 0.4) is 0 Å². The third kappa shape index (κ3) is 2.19. The van der Waals surface area contributed by atoms with Gasteiger partial charge in [0.05, 0.1) is 7.11 Å². The molecule has 98 valence electrons. The summed E-state index contributed by atoms with van der Waals surface area (Å²) < 4.78 is 11.4. The van der Waals surface area contributed by atoms with Crippen molar-refractivity contribution >= 4 is 11.8 Å². The molecule has 1 saturated heterocycles. The molecular formula is C14H19NO2S. The van der Waals surface area contributed by atoms with Gasteiger partial charge in [-0.1, -0.05) is 6.07 Å². The summed E-state index contributed by atoms with van der Waals surface area (Å²) in [7, 11) is 1.68. The maximum absolute atomic E-state index is 6.27. The van der Waals surface area contributed by atoms with Gasteiger partial charge in [-0.3, -0.25) is 0 Å². The summed E-state index contributed by atoms with van der Waals surface area (Å²) in [6.07, 6.45) is 2.46. The zero-order valence-corrected chi connectivity index (χ0v) is 11.4. The number of methoxy groups -OCH3 is 1. The summed E-state index contributed by atoms with van der Waals surface area (Å²) in [5.74, 6) is 4.86. The molecule has 2 heterocycles. The Kier molecular flexibility index (Phi) is 3.39. The molecule has 1 fully saturated rings. The number of rotatable bonds is 2. The molecular weight excluding hydrogens is 246 g/mol. The van der Waals surface area contributed by atoms with Crippen molar-refractivity contribution in [2.75, 3.05) is 18.6 Å². The minimum absolute atomic E-state index is 0.0928. The van der Waals surface area contributed by atoms with Gasteiger partial charge in [-0.25, -0.2) is 0 Å². The molecule has 1 aromatic rings. The van der Waals surface area contributed by atoms with Crippen LogP contribution in [0, 0.1) is 5.92 Å². The van der Waals surface area contributed by atoms with Crippen LogP contribution in [-0.2, 0) is 0 Å². The first-order chi connectivity index (χ1) is 8.78. The number of thioether (sulfide) groups is 1. The van der Waals surface area contributed by atoms with Crippen LogP contribution in [0.1, 0.15) is 24.4 Å². The Morgan fingerprint density at radius 1 is 1.44 bits per heavy atom. The van der Waals surface area contributed by atoms with Crippen molar-refractivity contribution in [3.63, 3.8) is 0 Å². The zero-order valence-electron chi connectivity index (χ0n) is 10.6. The summed E-state index contributed by atoms with van der Waals surface area (Å²) >= 11 is 2.02. The van der Waals surface area contributed by atoms with Gasteiger partial charge >= 0.3 is 0 Å². The molecule has 0 radical (unpaired) electrons. The summed E-state index contributed by atoms with van der Waals surface area (Å²) in [4.78, 5) is 0. The van der Waals surface area contributed by atoms with Crippen molar-refractivity contribution in [2.24, 2.45) is 11.7 Å². The van der Waals surface area contributed by atoms with Gasteiger partial charge < -0.3 is 15.2 Å². The molecule has 2 N–H and O–H groups in total. The second-order valence-corrected chi connectivity index (χ2v) is 6.18. The van der Waals surface area contributed by atoms with Gasteiger partial charge in [0, 0.05) is 30.0 Å². The molecule has 0 amide bonds. The Hall–Kier alpha value is -0.870. The van der Waals surface area contributed by atoms with Gasteiger partial charge in [0.25, 0.3) is 0 Å². The molecule has 3 nitrogen and oxygen atoms in total. The molecule has 4 heteroatoms. The predicted molar refractivity (Wildman–Crippen MR) is 74.4 cm³/mol. The number of fused-ring (bicyclic) bond motifs is 1. The van der Waals surface area contributed by atoms with Gasteiger partial charge in [-0.05, 0) is 24.0 Å². The lowest BCUT2D eigenvalue weighted by Gasteiger charge is -2.33. The third-order valence-corrected chi connectivity index (χ3v) is 5.06. The fraction of sp³-hybridized carbons (Fsp3) is 0.571. The highest BCUT2D eigenvalue weighted by atomic mass is 32.2. The van der Waals surface area contributed by atoms with Crippen LogP contribution >= 0.6 is 11.8 Å². The van der Waals surface area contributed by atoms with Crippen molar-refractivity contribution in [3.05, 3.63) is 23.8 Å². The zero-order chi connectivity index (χ0) is 12.5. The van der Waals surface area contributed by atoms with E-state index in [1.807, 2.05) is 30.0 Å². The summed E-state index contributed by atoms with van der Waals surface area (Å²) in [6.45, 7) is 0. The number of benzene rings is 1. The van der Waals surface area contributed by atoms with E-state index in [1.54, 1.807) is 7.11 Å². The standard InChI is InChI=1S/C14H19NO2S/c1-16-10-2-3-11-12(15)7-13(17-14(11)6-10)9-4-5-18-8-9/h2-3,6,9,12-13H,4-5,7-8,15H2,1H3/t9?,12-,13?/m0/s1. The highest BCUT2D eigenvalue weighted by Gasteiger charge is 2.33. The normalized spacial score (nSPS) is 30.7. The van der Waals surface area contributed by atoms with Crippen molar-refractivity contribution in [1.82, 2.24) is 0 Å². The van der Waals surface area contributed by atoms with Gasteiger partial charge in [0.15, 0.2) is 0 Å². The predicted octanol–water partition coefficient (Wildman–Crippen LogP) is 2.60. The van der Waals surface area contributed by atoms with Crippen LogP contribution in [0.2, 0.25) is 0 Å². The maximum Gasteiger partial charge on any atom is 0.128 e. The monoisotopic (exact) mass is 265 g/mol. The Bertz CT molecular complexity index is 432. The Morgan fingerprint density at radius 3 is 3.06 bits per heavy atom. The van der Waals surface area contributed by atoms with Gasteiger partial charge in [0.1, 0.15) is 17.6 Å². The van der Waals surface area contributed by atoms with Crippen LogP contribution in [0.4, 0.5) is 0 Å². The summed E-state index contributed by atoms with van der Waals surface area (Å²) in [6, 6.07) is 6.03. The molecule has 1 aromatic carbocycles. The molecule has 0 aliphatic carbocycles. The van der Waals surface area contributed by atoms with Crippen LogP contribution in [0.5, 0.6) is 11.5 Å². The largest absolute Gasteiger partial charge is 0.497 e. The van der Waals surface area contributed by atoms with E-state index in [4.69, 9.17) is 15.2 Å². The molecule has 0 saturated carbocycles. The third-order valence-electron chi connectivity index (χ3n) is 3.88. The average Bonchev–Trinajstić information content (AvgIpc) is 2.91. The molecule has 2 aliphatic rings. The van der Waals surface area contributed by atoms with Crippen molar-refractivity contribution in [3.8, 4) is 11.5 Å². The van der Waals surface area contributed by atoms with E-state index in [2.05, 4.69) is 0 Å². The first kappa shape index (κ1) is 12.2. The van der Waals surface area contributed by atoms with Gasteiger partial charge in [0.2, 0.25) is 0 Å².